The van der Waals surface area contributed by atoms with Gasteiger partial charge in [-0.05, 0) is 48.0 Å². The number of hydrogen-bond acceptors (Lipinski definition) is 3. The van der Waals surface area contributed by atoms with Gasteiger partial charge in [0.2, 0.25) is 0 Å². The summed E-state index contributed by atoms with van der Waals surface area (Å²) >= 11 is 0. The van der Waals surface area contributed by atoms with E-state index in [-0.39, 0.29) is 11.7 Å². The average molecular weight is 355 g/mol. The van der Waals surface area contributed by atoms with Crippen LogP contribution in [-0.4, -0.2) is 21.0 Å². The fourth-order valence-electron chi connectivity index (χ4n) is 2.77. The summed E-state index contributed by atoms with van der Waals surface area (Å²) in [6.45, 7) is 0. The number of benzene rings is 3. The maximum atomic E-state index is 12.7. The topological polar surface area (TPSA) is 78.0 Å². The molecule has 0 aliphatic rings. The van der Waals surface area contributed by atoms with Crippen LogP contribution in [0.5, 0.6) is 5.75 Å². The summed E-state index contributed by atoms with van der Waals surface area (Å²) in [7, 11) is 0. The third kappa shape index (κ3) is 3.72. The summed E-state index contributed by atoms with van der Waals surface area (Å²) in [5, 5.41) is 12.4. The van der Waals surface area contributed by atoms with Crippen molar-refractivity contribution in [2.75, 3.05) is 0 Å². The molecule has 4 aromatic rings. The number of hydrogen-bond donors (Lipinski definition) is 3. The van der Waals surface area contributed by atoms with Crippen LogP contribution in [0.4, 0.5) is 0 Å². The van der Waals surface area contributed by atoms with Gasteiger partial charge in [0.05, 0.1) is 16.7 Å². The van der Waals surface area contributed by atoms with Gasteiger partial charge in [0, 0.05) is 5.56 Å². The zero-order valence-electron chi connectivity index (χ0n) is 14.4. The van der Waals surface area contributed by atoms with Crippen LogP contribution in [0.2, 0.25) is 0 Å². The lowest BCUT2D eigenvalue weighted by Gasteiger charge is -2.08. The highest BCUT2D eigenvalue weighted by Crippen LogP contribution is 2.19. The lowest BCUT2D eigenvalue weighted by Crippen LogP contribution is -2.22. The van der Waals surface area contributed by atoms with E-state index in [1.165, 1.54) is 0 Å². The lowest BCUT2D eigenvalue weighted by atomic mass is 10.1. The highest BCUT2D eigenvalue weighted by Gasteiger charge is 2.13. The molecule has 1 amide bonds. The fourth-order valence-corrected chi connectivity index (χ4v) is 2.77. The Morgan fingerprint density at radius 1 is 0.926 bits per heavy atom. The molecule has 0 radical (unpaired) electrons. The molecular formula is C22H17N3O2. The number of carbonyl (C=O) groups excluding carboxylic acids is 1. The normalized spacial score (nSPS) is 11.5. The Hall–Kier alpha value is -3.86. The van der Waals surface area contributed by atoms with Crippen LogP contribution in [0.3, 0.4) is 0 Å². The van der Waals surface area contributed by atoms with Crippen molar-refractivity contribution in [2.45, 2.75) is 0 Å². The molecule has 27 heavy (non-hydrogen) atoms. The van der Waals surface area contributed by atoms with Crippen LogP contribution in [0.15, 0.2) is 78.9 Å². The van der Waals surface area contributed by atoms with Gasteiger partial charge < -0.3 is 15.4 Å². The van der Waals surface area contributed by atoms with Gasteiger partial charge in [-0.2, -0.15) is 0 Å². The Morgan fingerprint density at radius 3 is 2.37 bits per heavy atom. The first-order chi connectivity index (χ1) is 13.2. The second kappa shape index (κ2) is 7.17. The summed E-state index contributed by atoms with van der Waals surface area (Å²) in [4.78, 5) is 20.5. The first kappa shape index (κ1) is 16.6. The zero-order chi connectivity index (χ0) is 18.6. The Morgan fingerprint density at radius 2 is 1.63 bits per heavy atom. The van der Waals surface area contributed by atoms with Crippen molar-refractivity contribution >= 4 is 28.7 Å². The first-order valence-electron chi connectivity index (χ1n) is 8.51. The number of aromatic amines is 1. The number of H-pyrrole nitrogens is 1. The zero-order valence-corrected chi connectivity index (χ0v) is 14.4. The third-order valence-electron chi connectivity index (χ3n) is 4.13. The molecule has 0 fully saturated rings. The van der Waals surface area contributed by atoms with E-state index >= 15 is 0 Å². The average Bonchev–Trinajstić information content (AvgIpc) is 3.14. The molecule has 0 atom stereocenters. The van der Waals surface area contributed by atoms with Crippen molar-refractivity contribution in [1.29, 1.82) is 0 Å². The van der Waals surface area contributed by atoms with E-state index in [1.807, 2.05) is 48.5 Å². The van der Waals surface area contributed by atoms with Gasteiger partial charge in [-0.3, -0.25) is 4.79 Å². The summed E-state index contributed by atoms with van der Waals surface area (Å²) in [5.74, 6) is 0.528. The summed E-state index contributed by atoms with van der Waals surface area (Å²) < 4.78 is 0. The minimum atomic E-state index is -0.221. The van der Waals surface area contributed by atoms with Gasteiger partial charge >= 0.3 is 0 Å². The van der Waals surface area contributed by atoms with Gasteiger partial charge in [-0.15, -0.1) is 0 Å². The van der Waals surface area contributed by atoms with E-state index < -0.39 is 0 Å². The maximum Gasteiger partial charge on any atom is 0.255 e. The summed E-state index contributed by atoms with van der Waals surface area (Å²) in [6, 6.07) is 23.4. The number of imidazole rings is 1. The van der Waals surface area contributed by atoms with E-state index in [9.17, 15) is 9.90 Å². The molecule has 0 aliphatic carbocycles. The fraction of sp³-hybridized carbons (Fsp3) is 0. The highest BCUT2D eigenvalue weighted by atomic mass is 16.3. The number of nitrogens with zero attached hydrogens (tertiary/aromatic N) is 1. The number of phenolic OH excluding ortho intramolecular Hbond substituents is 1. The van der Waals surface area contributed by atoms with Crippen LogP contribution >= 0.6 is 0 Å². The first-order valence-corrected chi connectivity index (χ1v) is 8.51. The van der Waals surface area contributed by atoms with Gasteiger partial charge in [0.25, 0.3) is 5.91 Å². The van der Waals surface area contributed by atoms with Gasteiger partial charge in [0.1, 0.15) is 5.75 Å². The molecule has 0 saturated carbocycles. The summed E-state index contributed by atoms with van der Waals surface area (Å²) in [5.41, 5.74) is 3.64. The number of amides is 1. The van der Waals surface area contributed by atoms with Crippen LogP contribution in [0.1, 0.15) is 21.7 Å². The molecule has 0 saturated heterocycles. The molecule has 5 heteroatoms. The van der Waals surface area contributed by atoms with E-state index in [0.29, 0.717) is 17.1 Å². The predicted octanol–water partition coefficient (Wildman–Crippen LogP) is 4.20. The van der Waals surface area contributed by atoms with E-state index in [1.54, 1.807) is 36.4 Å². The number of aromatic hydroxyl groups is 1. The lowest BCUT2D eigenvalue weighted by molar-refractivity contribution is 0.0973. The molecule has 4 rings (SSSR count). The van der Waals surface area contributed by atoms with Crippen molar-refractivity contribution < 1.29 is 9.90 Å². The largest absolute Gasteiger partial charge is 0.508 e. The summed E-state index contributed by atoms with van der Waals surface area (Å²) in [6.07, 6.45) is 1.82. The predicted molar refractivity (Wildman–Crippen MR) is 106 cm³/mol. The molecular weight excluding hydrogens is 338 g/mol. The second-order valence-electron chi connectivity index (χ2n) is 6.07. The highest BCUT2D eigenvalue weighted by molar-refractivity contribution is 6.01. The number of nitrogens with one attached hydrogen (secondary N) is 2. The smallest absolute Gasteiger partial charge is 0.255 e. The minimum Gasteiger partial charge on any atom is -0.508 e. The van der Waals surface area contributed by atoms with E-state index in [0.717, 1.165) is 16.6 Å². The second-order valence-corrected chi connectivity index (χ2v) is 6.07. The molecule has 3 aromatic carbocycles. The van der Waals surface area contributed by atoms with Crippen molar-refractivity contribution in [2.24, 2.45) is 0 Å². The molecule has 0 aliphatic heterocycles. The Labute approximate surface area is 156 Å². The van der Waals surface area contributed by atoms with E-state index in [2.05, 4.69) is 15.3 Å². The van der Waals surface area contributed by atoms with E-state index in [4.69, 9.17) is 0 Å². The van der Waals surface area contributed by atoms with Crippen LogP contribution in [0, 0.1) is 0 Å². The Kier molecular flexibility index (Phi) is 4.41. The molecule has 132 valence electrons. The minimum absolute atomic E-state index is 0.186. The van der Waals surface area contributed by atoms with Crippen LogP contribution < -0.4 is 5.32 Å². The third-order valence-corrected chi connectivity index (χ3v) is 4.13. The SMILES string of the molecule is O=C(N/C(=C/c1ccc(O)cc1)c1nc2ccccc2[nH]1)c1ccccc1. The monoisotopic (exact) mass is 355 g/mol. The number of carbonyl (C=O) groups is 1. The number of rotatable bonds is 4. The van der Waals surface area contributed by atoms with Crippen LogP contribution in [0.25, 0.3) is 22.8 Å². The van der Waals surface area contributed by atoms with Crippen molar-refractivity contribution in [3.63, 3.8) is 0 Å². The van der Waals surface area contributed by atoms with Crippen molar-refractivity contribution in [3.05, 3.63) is 95.8 Å². The van der Waals surface area contributed by atoms with Crippen molar-refractivity contribution in [3.8, 4) is 5.75 Å². The molecule has 3 N–H and O–H groups in total. The molecule has 1 aromatic heterocycles. The molecule has 0 spiro atoms. The van der Waals surface area contributed by atoms with Gasteiger partial charge in [-0.25, -0.2) is 4.98 Å². The maximum absolute atomic E-state index is 12.7. The number of aromatic nitrogens is 2. The molecule has 0 unspecified atom stereocenters. The van der Waals surface area contributed by atoms with Gasteiger partial charge in [-0.1, -0.05) is 42.5 Å². The number of para-hydroxylation sites is 2. The van der Waals surface area contributed by atoms with Gasteiger partial charge in [0.15, 0.2) is 5.82 Å². The quantitative estimate of drug-likeness (QED) is 0.513. The molecule has 5 nitrogen and oxygen atoms in total. The standard InChI is InChI=1S/C22H17N3O2/c26-17-12-10-15(11-13-17)14-20(25-22(27)16-6-2-1-3-7-16)21-23-18-8-4-5-9-19(18)24-21/h1-14,26H,(H,23,24)(H,25,27)/b20-14+. The van der Waals surface area contributed by atoms with Crippen LogP contribution in [-0.2, 0) is 0 Å². The van der Waals surface area contributed by atoms with Crippen molar-refractivity contribution in [1.82, 2.24) is 15.3 Å². The Bertz CT molecular complexity index is 1080. The number of fused-ring (bicyclic) bond motifs is 1. The number of phenols is 1. The molecule has 0 bridgehead atoms. The molecule has 1 heterocycles. The Balaban J connectivity index is 1.74.